The van der Waals surface area contributed by atoms with Crippen molar-refractivity contribution in [1.82, 2.24) is 5.32 Å². The van der Waals surface area contributed by atoms with Gasteiger partial charge in [0.25, 0.3) is 0 Å². The van der Waals surface area contributed by atoms with E-state index < -0.39 is 0 Å². The number of hydrogen-bond donors (Lipinski definition) is 3. The van der Waals surface area contributed by atoms with Gasteiger partial charge in [-0.1, -0.05) is 19.0 Å². The average Bonchev–Trinajstić information content (AvgIpc) is 2.26. The summed E-state index contributed by atoms with van der Waals surface area (Å²) in [6, 6.07) is 0.562. The summed E-state index contributed by atoms with van der Waals surface area (Å²) in [6.45, 7) is 4.86. The van der Waals surface area contributed by atoms with Crippen LogP contribution < -0.4 is 11.1 Å². The molecule has 0 aliphatic rings. The number of rotatable bonds is 8. The summed E-state index contributed by atoms with van der Waals surface area (Å²) in [4.78, 5) is 0. The van der Waals surface area contributed by atoms with Gasteiger partial charge in [-0.25, -0.2) is 0 Å². The quantitative estimate of drug-likeness (QED) is 0.244. The van der Waals surface area contributed by atoms with Crippen molar-refractivity contribution in [3.05, 3.63) is 0 Å². The van der Waals surface area contributed by atoms with E-state index in [-0.39, 0.29) is 11.9 Å². The molecule has 5 heteroatoms. The van der Waals surface area contributed by atoms with Crippen molar-refractivity contribution in [1.29, 1.82) is 0 Å². The first-order chi connectivity index (χ1) is 7.17. The standard InChI is InChI=1S/C10H23N3O2/c1-4-8(6-10(11)13-14)12-9(5-2)7-15-3/h8-9,12,14H,4-7H2,1-3H3,(H2,11,13). The molecule has 0 fully saturated rings. The first kappa shape index (κ1) is 14.2. The van der Waals surface area contributed by atoms with E-state index >= 15 is 0 Å². The fraction of sp³-hybridized carbons (Fsp3) is 0.900. The maximum Gasteiger partial charge on any atom is 0.140 e. The third-order valence-electron chi connectivity index (χ3n) is 2.41. The molecule has 15 heavy (non-hydrogen) atoms. The molecule has 5 nitrogen and oxygen atoms in total. The zero-order valence-corrected chi connectivity index (χ0v) is 9.86. The van der Waals surface area contributed by atoms with E-state index in [1.165, 1.54) is 0 Å². The van der Waals surface area contributed by atoms with Gasteiger partial charge in [-0.05, 0) is 12.8 Å². The predicted molar refractivity (Wildman–Crippen MR) is 61.2 cm³/mol. The molecule has 0 aliphatic carbocycles. The topological polar surface area (TPSA) is 79.9 Å². The molecule has 0 radical (unpaired) electrons. The smallest absolute Gasteiger partial charge is 0.140 e. The molecule has 0 bridgehead atoms. The molecule has 2 atom stereocenters. The minimum atomic E-state index is 0.237. The second kappa shape index (κ2) is 8.49. The summed E-state index contributed by atoms with van der Waals surface area (Å²) < 4.78 is 5.10. The highest BCUT2D eigenvalue weighted by Gasteiger charge is 2.13. The summed E-state index contributed by atoms with van der Waals surface area (Å²) in [5, 5.41) is 14.9. The van der Waals surface area contributed by atoms with Crippen LogP contribution in [-0.2, 0) is 4.74 Å². The largest absolute Gasteiger partial charge is 0.409 e. The molecule has 0 aromatic heterocycles. The van der Waals surface area contributed by atoms with Gasteiger partial charge in [-0.3, -0.25) is 0 Å². The summed E-state index contributed by atoms with van der Waals surface area (Å²) >= 11 is 0. The van der Waals surface area contributed by atoms with Crippen LogP contribution in [0.3, 0.4) is 0 Å². The van der Waals surface area contributed by atoms with Crippen LogP contribution >= 0.6 is 0 Å². The number of nitrogens with one attached hydrogen (secondary N) is 1. The van der Waals surface area contributed by atoms with Gasteiger partial charge in [0.2, 0.25) is 0 Å². The maximum atomic E-state index is 8.48. The fourth-order valence-electron chi connectivity index (χ4n) is 1.43. The molecule has 0 saturated carbocycles. The number of methoxy groups -OCH3 is 1. The van der Waals surface area contributed by atoms with Crippen molar-refractivity contribution >= 4 is 5.84 Å². The van der Waals surface area contributed by atoms with Crippen LogP contribution in [0.25, 0.3) is 0 Å². The zero-order chi connectivity index (χ0) is 11.7. The van der Waals surface area contributed by atoms with Crippen molar-refractivity contribution in [2.45, 2.75) is 45.2 Å². The second-order valence-electron chi connectivity index (χ2n) is 3.63. The molecule has 4 N–H and O–H groups in total. The minimum absolute atomic E-state index is 0.237. The molecule has 0 aromatic rings. The van der Waals surface area contributed by atoms with Crippen molar-refractivity contribution in [2.24, 2.45) is 10.9 Å². The van der Waals surface area contributed by atoms with Gasteiger partial charge in [0.15, 0.2) is 0 Å². The Labute approximate surface area is 91.7 Å². The van der Waals surface area contributed by atoms with Crippen LogP contribution in [0.1, 0.15) is 33.1 Å². The molecular formula is C10H23N3O2. The van der Waals surface area contributed by atoms with Crippen molar-refractivity contribution in [2.75, 3.05) is 13.7 Å². The first-order valence-corrected chi connectivity index (χ1v) is 5.39. The SMILES string of the molecule is CCC(COC)NC(CC)CC(N)=NO. The number of hydrogen-bond acceptors (Lipinski definition) is 4. The van der Waals surface area contributed by atoms with Gasteiger partial charge in [0.05, 0.1) is 6.61 Å². The zero-order valence-electron chi connectivity index (χ0n) is 9.86. The van der Waals surface area contributed by atoms with Crippen LogP contribution in [0.2, 0.25) is 0 Å². The van der Waals surface area contributed by atoms with Crippen molar-refractivity contribution in [3.63, 3.8) is 0 Å². The Morgan fingerprint density at radius 2 is 2.00 bits per heavy atom. The molecule has 90 valence electrons. The van der Waals surface area contributed by atoms with Gasteiger partial charge >= 0.3 is 0 Å². The van der Waals surface area contributed by atoms with Crippen LogP contribution in [0, 0.1) is 0 Å². The maximum absolute atomic E-state index is 8.48. The molecule has 0 aromatic carbocycles. The lowest BCUT2D eigenvalue weighted by molar-refractivity contribution is 0.158. The summed E-state index contributed by atoms with van der Waals surface area (Å²) in [5.74, 6) is 0.265. The van der Waals surface area contributed by atoms with E-state index in [0.29, 0.717) is 19.1 Å². The van der Waals surface area contributed by atoms with Gasteiger partial charge in [0, 0.05) is 25.6 Å². The Morgan fingerprint density at radius 1 is 1.40 bits per heavy atom. The lowest BCUT2D eigenvalue weighted by atomic mass is 10.1. The Morgan fingerprint density at radius 3 is 2.40 bits per heavy atom. The van der Waals surface area contributed by atoms with Crippen molar-refractivity contribution < 1.29 is 9.94 Å². The number of nitrogens with two attached hydrogens (primary N) is 1. The number of oxime groups is 1. The third-order valence-corrected chi connectivity index (χ3v) is 2.41. The van der Waals surface area contributed by atoms with Gasteiger partial charge in [0.1, 0.15) is 5.84 Å². The first-order valence-electron chi connectivity index (χ1n) is 5.39. The van der Waals surface area contributed by atoms with Crippen LogP contribution in [0.4, 0.5) is 0 Å². The number of amidine groups is 1. The molecular weight excluding hydrogens is 194 g/mol. The molecule has 2 unspecified atom stereocenters. The Bertz CT molecular complexity index is 186. The lowest BCUT2D eigenvalue weighted by Gasteiger charge is -2.23. The fourth-order valence-corrected chi connectivity index (χ4v) is 1.43. The third kappa shape index (κ3) is 6.30. The van der Waals surface area contributed by atoms with Crippen LogP contribution in [0.15, 0.2) is 5.16 Å². The summed E-state index contributed by atoms with van der Waals surface area (Å²) in [7, 11) is 1.69. The predicted octanol–water partition coefficient (Wildman–Crippen LogP) is 0.916. The van der Waals surface area contributed by atoms with E-state index in [1.807, 2.05) is 0 Å². The van der Waals surface area contributed by atoms with E-state index in [2.05, 4.69) is 24.3 Å². The average molecular weight is 217 g/mol. The minimum Gasteiger partial charge on any atom is -0.409 e. The van der Waals surface area contributed by atoms with Crippen LogP contribution in [-0.4, -0.2) is 36.8 Å². The summed E-state index contributed by atoms with van der Waals surface area (Å²) in [5.41, 5.74) is 5.47. The molecule has 0 saturated heterocycles. The monoisotopic (exact) mass is 217 g/mol. The molecule has 0 spiro atoms. The molecule has 0 aliphatic heterocycles. The number of ether oxygens (including phenoxy) is 1. The highest BCUT2D eigenvalue weighted by Crippen LogP contribution is 2.02. The van der Waals surface area contributed by atoms with Gasteiger partial charge < -0.3 is 21.0 Å². The Balaban J connectivity index is 4.05. The van der Waals surface area contributed by atoms with E-state index in [9.17, 15) is 0 Å². The molecule has 0 amide bonds. The number of nitrogens with zero attached hydrogens (tertiary/aromatic N) is 1. The Kier molecular flexibility index (Phi) is 8.04. The van der Waals surface area contributed by atoms with E-state index in [4.69, 9.17) is 15.7 Å². The van der Waals surface area contributed by atoms with E-state index in [0.717, 1.165) is 12.8 Å². The Hall–Kier alpha value is -0.810. The highest BCUT2D eigenvalue weighted by molar-refractivity contribution is 5.80. The van der Waals surface area contributed by atoms with Gasteiger partial charge in [-0.2, -0.15) is 0 Å². The highest BCUT2D eigenvalue weighted by atomic mass is 16.5. The lowest BCUT2D eigenvalue weighted by Crippen LogP contribution is -2.42. The van der Waals surface area contributed by atoms with E-state index in [1.54, 1.807) is 7.11 Å². The molecule has 0 heterocycles. The van der Waals surface area contributed by atoms with Gasteiger partial charge in [-0.15, -0.1) is 0 Å². The van der Waals surface area contributed by atoms with Crippen LogP contribution in [0.5, 0.6) is 0 Å². The summed E-state index contributed by atoms with van der Waals surface area (Å²) in [6.07, 6.45) is 2.50. The molecule has 0 rings (SSSR count). The van der Waals surface area contributed by atoms with Crippen molar-refractivity contribution in [3.8, 4) is 0 Å². The second-order valence-corrected chi connectivity index (χ2v) is 3.63. The normalized spacial score (nSPS) is 16.3.